The number of nitrogens with zero attached hydrogens (tertiary/aromatic N) is 3. The summed E-state index contributed by atoms with van der Waals surface area (Å²) in [5.74, 6) is 1.87. The largest absolute Gasteiger partial charge is 0.497 e. The van der Waals surface area contributed by atoms with E-state index in [1.807, 2.05) is 18.2 Å². The smallest absolute Gasteiger partial charge is 0.240 e. The second-order valence-corrected chi connectivity index (χ2v) is 8.41. The number of carbonyl (C=O) groups excluding carboxylic acids is 1. The van der Waals surface area contributed by atoms with Gasteiger partial charge in [0, 0.05) is 24.9 Å². The summed E-state index contributed by atoms with van der Waals surface area (Å²) in [7, 11) is 1.69. The molecular formula is C26H33N3O3. The molecular weight excluding hydrogens is 402 g/mol. The van der Waals surface area contributed by atoms with Gasteiger partial charge in [0.05, 0.1) is 18.9 Å². The zero-order chi connectivity index (χ0) is 22.7. The first-order valence-corrected chi connectivity index (χ1v) is 11.6. The van der Waals surface area contributed by atoms with Gasteiger partial charge in [0.25, 0.3) is 0 Å². The van der Waals surface area contributed by atoms with Crippen LogP contribution < -0.4 is 9.47 Å². The lowest BCUT2D eigenvalue weighted by atomic mass is 9.77. The van der Waals surface area contributed by atoms with Gasteiger partial charge in [-0.25, -0.2) is 5.01 Å². The van der Waals surface area contributed by atoms with Crippen molar-refractivity contribution in [2.75, 3.05) is 33.4 Å². The van der Waals surface area contributed by atoms with Crippen LogP contribution in [0, 0.1) is 5.92 Å². The molecule has 2 atom stereocenters. The molecule has 2 aromatic rings. The van der Waals surface area contributed by atoms with Crippen LogP contribution in [0.1, 0.15) is 49.9 Å². The van der Waals surface area contributed by atoms with Crippen LogP contribution in [0.25, 0.3) is 0 Å². The number of rotatable bonds is 8. The second-order valence-electron chi connectivity index (χ2n) is 8.41. The minimum Gasteiger partial charge on any atom is -0.497 e. The number of methoxy groups -OCH3 is 1. The maximum atomic E-state index is 12.5. The number of benzene rings is 2. The number of fused-ring (bicyclic) bond motifs is 3. The first kappa shape index (κ1) is 22.3. The fourth-order valence-electron chi connectivity index (χ4n) is 4.82. The van der Waals surface area contributed by atoms with Crippen LogP contribution >= 0.6 is 0 Å². The zero-order valence-corrected chi connectivity index (χ0v) is 19.5. The van der Waals surface area contributed by atoms with Gasteiger partial charge in [-0.3, -0.25) is 4.79 Å². The van der Waals surface area contributed by atoms with Crippen molar-refractivity contribution >= 4 is 11.6 Å². The highest BCUT2D eigenvalue weighted by Crippen LogP contribution is 2.44. The average Bonchev–Trinajstić information content (AvgIpc) is 3.22. The number of hydrogen-bond donors (Lipinski definition) is 0. The molecule has 32 heavy (non-hydrogen) atoms. The molecule has 0 saturated carbocycles. The first-order chi connectivity index (χ1) is 15.5. The molecule has 0 radical (unpaired) electrons. The molecule has 2 unspecified atom stereocenters. The van der Waals surface area contributed by atoms with E-state index in [9.17, 15) is 4.79 Å². The predicted molar refractivity (Wildman–Crippen MR) is 126 cm³/mol. The number of hydrogen-bond acceptors (Lipinski definition) is 5. The Hall–Kier alpha value is -2.86. The topological polar surface area (TPSA) is 54.4 Å². The second kappa shape index (κ2) is 9.74. The molecule has 0 saturated heterocycles. The van der Waals surface area contributed by atoms with E-state index >= 15 is 0 Å². The van der Waals surface area contributed by atoms with Gasteiger partial charge in [-0.1, -0.05) is 26.0 Å². The minimum absolute atomic E-state index is 0.0356. The SMILES string of the molecule is CCN(CC)CCOc1ccc(C2C3CCc4cc(OC)ccc4C3=NN2C(C)=O)cc1. The van der Waals surface area contributed by atoms with Crippen LogP contribution in [0.2, 0.25) is 0 Å². The maximum absolute atomic E-state index is 12.5. The van der Waals surface area contributed by atoms with E-state index in [4.69, 9.17) is 14.6 Å². The highest BCUT2D eigenvalue weighted by molar-refractivity contribution is 6.06. The van der Waals surface area contributed by atoms with E-state index in [0.29, 0.717) is 6.61 Å². The normalized spacial score (nSPS) is 19.4. The van der Waals surface area contributed by atoms with Crippen molar-refractivity contribution in [3.63, 3.8) is 0 Å². The standard InChI is InChI=1S/C26H33N3O3/c1-5-28(6-2)15-16-32-21-10-7-19(8-11-21)26-24-13-9-20-17-22(31-4)12-14-23(20)25(24)27-29(26)18(3)30/h7-8,10-12,14,17,24,26H,5-6,9,13,15-16H2,1-4H3. The van der Waals surface area contributed by atoms with E-state index in [-0.39, 0.29) is 17.9 Å². The number of aryl methyl sites for hydroxylation is 1. The van der Waals surface area contributed by atoms with E-state index in [2.05, 4.69) is 43.0 Å². The van der Waals surface area contributed by atoms with Crippen LogP contribution in [0.15, 0.2) is 47.6 Å². The molecule has 6 nitrogen and oxygen atoms in total. The molecule has 0 bridgehead atoms. The van der Waals surface area contributed by atoms with Gasteiger partial charge in [0.1, 0.15) is 18.1 Å². The molecule has 1 aliphatic heterocycles. The zero-order valence-electron chi connectivity index (χ0n) is 19.5. The molecule has 1 heterocycles. The summed E-state index contributed by atoms with van der Waals surface area (Å²) in [4.78, 5) is 14.8. The lowest BCUT2D eigenvalue weighted by molar-refractivity contribution is -0.131. The van der Waals surface area contributed by atoms with E-state index in [1.165, 1.54) is 5.56 Å². The van der Waals surface area contributed by atoms with Gasteiger partial charge in [-0.2, -0.15) is 5.10 Å². The average molecular weight is 436 g/mol. The lowest BCUT2D eigenvalue weighted by Crippen LogP contribution is -2.31. The lowest BCUT2D eigenvalue weighted by Gasteiger charge is -2.29. The molecule has 1 amide bonds. The maximum Gasteiger partial charge on any atom is 0.240 e. The molecule has 2 aliphatic rings. The molecule has 170 valence electrons. The van der Waals surface area contributed by atoms with Gasteiger partial charge in [-0.05, 0) is 67.4 Å². The van der Waals surface area contributed by atoms with Gasteiger partial charge in [0.15, 0.2) is 0 Å². The molecule has 0 aromatic heterocycles. The van der Waals surface area contributed by atoms with Crippen LogP contribution in [0.5, 0.6) is 11.5 Å². The summed E-state index contributed by atoms with van der Waals surface area (Å²) in [5, 5.41) is 6.46. The van der Waals surface area contributed by atoms with Gasteiger partial charge >= 0.3 is 0 Å². The third-order valence-corrected chi connectivity index (χ3v) is 6.64. The van der Waals surface area contributed by atoms with Crippen molar-refractivity contribution in [1.82, 2.24) is 9.91 Å². The fraction of sp³-hybridized carbons (Fsp3) is 0.462. The van der Waals surface area contributed by atoms with Gasteiger partial charge in [0.2, 0.25) is 5.91 Å². The van der Waals surface area contributed by atoms with Crippen LogP contribution in [-0.2, 0) is 11.2 Å². The number of likely N-dealkylation sites (N-methyl/N-ethyl adjacent to an activating group) is 1. The van der Waals surface area contributed by atoms with Crippen molar-refractivity contribution in [1.29, 1.82) is 0 Å². The molecule has 6 heteroatoms. The monoisotopic (exact) mass is 435 g/mol. The summed E-state index contributed by atoms with van der Waals surface area (Å²) >= 11 is 0. The molecule has 0 spiro atoms. The van der Waals surface area contributed by atoms with Crippen molar-refractivity contribution in [2.45, 2.75) is 39.7 Å². The highest BCUT2D eigenvalue weighted by Gasteiger charge is 2.43. The Balaban J connectivity index is 1.53. The van der Waals surface area contributed by atoms with Crippen molar-refractivity contribution in [2.24, 2.45) is 11.0 Å². The minimum atomic E-state index is -0.0810. The van der Waals surface area contributed by atoms with Crippen molar-refractivity contribution in [3.05, 3.63) is 59.2 Å². The third kappa shape index (κ3) is 4.37. The first-order valence-electron chi connectivity index (χ1n) is 11.6. The Bertz CT molecular complexity index is 982. The van der Waals surface area contributed by atoms with Crippen LogP contribution in [-0.4, -0.2) is 54.9 Å². The predicted octanol–water partition coefficient (Wildman–Crippen LogP) is 4.29. The quantitative estimate of drug-likeness (QED) is 0.621. The van der Waals surface area contributed by atoms with E-state index < -0.39 is 0 Å². The summed E-state index contributed by atoms with van der Waals surface area (Å²) in [6, 6.07) is 14.2. The number of hydrazone groups is 1. The molecule has 4 rings (SSSR count). The van der Waals surface area contributed by atoms with E-state index in [0.717, 1.165) is 60.8 Å². The van der Waals surface area contributed by atoms with Crippen LogP contribution in [0.3, 0.4) is 0 Å². The van der Waals surface area contributed by atoms with Crippen LogP contribution in [0.4, 0.5) is 0 Å². The Labute approximate surface area is 190 Å². The van der Waals surface area contributed by atoms with Crippen molar-refractivity contribution in [3.8, 4) is 11.5 Å². The van der Waals surface area contributed by atoms with Crippen molar-refractivity contribution < 1.29 is 14.3 Å². The Morgan fingerprint density at radius 1 is 1.12 bits per heavy atom. The highest BCUT2D eigenvalue weighted by atomic mass is 16.5. The number of carbonyl (C=O) groups is 1. The Morgan fingerprint density at radius 2 is 1.84 bits per heavy atom. The molecule has 2 aromatic carbocycles. The van der Waals surface area contributed by atoms with Gasteiger partial charge < -0.3 is 14.4 Å². The Morgan fingerprint density at radius 3 is 2.50 bits per heavy atom. The summed E-state index contributed by atoms with van der Waals surface area (Å²) < 4.78 is 11.3. The molecule has 1 aliphatic carbocycles. The van der Waals surface area contributed by atoms with Gasteiger partial charge in [-0.15, -0.1) is 0 Å². The molecule has 0 fully saturated rings. The molecule has 0 N–H and O–H groups in total. The fourth-order valence-corrected chi connectivity index (χ4v) is 4.82. The summed E-state index contributed by atoms with van der Waals surface area (Å²) in [6.07, 6.45) is 1.90. The summed E-state index contributed by atoms with van der Waals surface area (Å²) in [6.45, 7) is 9.56. The number of ether oxygens (including phenoxy) is 2. The Kier molecular flexibility index (Phi) is 6.80. The van der Waals surface area contributed by atoms with E-state index in [1.54, 1.807) is 19.0 Å². The summed E-state index contributed by atoms with van der Waals surface area (Å²) in [5.41, 5.74) is 4.47. The number of amides is 1. The third-order valence-electron chi connectivity index (χ3n) is 6.64.